The van der Waals surface area contributed by atoms with Crippen LogP contribution in [-0.2, 0) is 0 Å². The molecule has 3 nitrogen and oxygen atoms in total. The second kappa shape index (κ2) is 13.3. The third-order valence-electron chi connectivity index (χ3n) is 8.82. The quantitative estimate of drug-likeness (QED) is 0.176. The number of benzene rings is 7. The predicted molar refractivity (Wildman–Crippen MR) is 203 cm³/mol. The largest absolute Gasteiger partial charge is 0.208 e. The van der Waals surface area contributed by atoms with Gasteiger partial charge in [0.15, 0.2) is 17.5 Å². The van der Waals surface area contributed by atoms with Crippen LogP contribution in [0.2, 0.25) is 0 Å². The summed E-state index contributed by atoms with van der Waals surface area (Å²) >= 11 is 0. The van der Waals surface area contributed by atoms with E-state index in [0.717, 1.165) is 50.1 Å². The smallest absolute Gasteiger partial charge is 0.164 e. The van der Waals surface area contributed by atoms with E-state index in [1.807, 2.05) is 18.2 Å². The highest BCUT2D eigenvalue weighted by atomic mass is 15.0. The molecule has 0 bridgehead atoms. The van der Waals surface area contributed by atoms with Gasteiger partial charge in [0, 0.05) is 16.7 Å². The summed E-state index contributed by atoms with van der Waals surface area (Å²) in [6, 6.07) is 63.5. The molecule has 0 amide bonds. The van der Waals surface area contributed by atoms with Crippen molar-refractivity contribution in [1.82, 2.24) is 15.0 Å². The Kier molecular flexibility index (Phi) is 8.15. The molecular formula is C46H33N3. The highest BCUT2D eigenvalue weighted by molar-refractivity contribution is 5.81. The van der Waals surface area contributed by atoms with Crippen molar-refractivity contribution in [3.63, 3.8) is 0 Å². The second-order valence-electron chi connectivity index (χ2n) is 12.2. The first-order valence-electron chi connectivity index (χ1n) is 16.5. The van der Waals surface area contributed by atoms with Gasteiger partial charge in [0.05, 0.1) is 0 Å². The molecule has 0 spiro atoms. The summed E-state index contributed by atoms with van der Waals surface area (Å²) in [6.07, 6.45) is 0. The van der Waals surface area contributed by atoms with E-state index in [4.69, 9.17) is 15.0 Å². The molecule has 0 saturated heterocycles. The van der Waals surface area contributed by atoms with Crippen molar-refractivity contribution in [2.45, 2.75) is 6.92 Å². The average molecular weight is 628 g/mol. The summed E-state index contributed by atoms with van der Waals surface area (Å²) in [7, 11) is 0. The molecular weight excluding hydrogens is 595 g/mol. The van der Waals surface area contributed by atoms with E-state index in [-0.39, 0.29) is 0 Å². The molecule has 0 unspecified atom stereocenters. The highest BCUT2D eigenvalue weighted by Crippen LogP contribution is 2.34. The van der Waals surface area contributed by atoms with Crippen LogP contribution in [0.5, 0.6) is 0 Å². The zero-order valence-corrected chi connectivity index (χ0v) is 27.2. The molecule has 0 fully saturated rings. The lowest BCUT2D eigenvalue weighted by Gasteiger charge is -2.13. The summed E-state index contributed by atoms with van der Waals surface area (Å²) in [5, 5.41) is 0. The fraction of sp³-hybridized carbons (Fsp3) is 0.0217. The molecule has 8 aromatic rings. The third-order valence-corrected chi connectivity index (χ3v) is 8.82. The van der Waals surface area contributed by atoms with Crippen molar-refractivity contribution in [3.05, 3.63) is 188 Å². The van der Waals surface area contributed by atoms with Crippen molar-refractivity contribution in [1.29, 1.82) is 0 Å². The lowest BCUT2D eigenvalue weighted by Crippen LogP contribution is -2.00. The second-order valence-corrected chi connectivity index (χ2v) is 12.2. The van der Waals surface area contributed by atoms with E-state index in [1.165, 1.54) is 16.7 Å². The minimum Gasteiger partial charge on any atom is -0.208 e. The molecule has 1 aromatic heterocycles. The maximum Gasteiger partial charge on any atom is 0.164 e. The summed E-state index contributed by atoms with van der Waals surface area (Å²) in [5.74, 6) is 1.90. The molecule has 7 aromatic carbocycles. The van der Waals surface area contributed by atoms with Crippen molar-refractivity contribution in [2.24, 2.45) is 0 Å². The van der Waals surface area contributed by atoms with E-state index >= 15 is 0 Å². The van der Waals surface area contributed by atoms with Crippen LogP contribution >= 0.6 is 0 Å². The van der Waals surface area contributed by atoms with E-state index in [2.05, 4.69) is 171 Å². The van der Waals surface area contributed by atoms with Crippen LogP contribution in [-0.4, -0.2) is 15.0 Å². The maximum absolute atomic E-state index is 5.13. The van der Waals surface area contributed by atoms with E-state index < -0.39 is 0 Å². The maximum atomic E-state index is 5.13. The van der Waals surface area contributed by atoms with E-state index in [1.54, 1.807) is 0 Å². The molecule has 49 heavy (non-hydrogen) atoms. The van der Waals surface area contributed by atoms with Gasteiger partial charge >= 0.3 is 0 Å². The van der Waals surface area contributed by atoms with Crippen LogP contribution in [0, 0.1) is 6.92 Å². The zero-order valence-electron chi connectivity index (χ0n) is 27.2. The number of rotatable bonds is 7. The molecule has 0 aliphatic rings. The van der Waals surface area contributed by atoms with Gasteiger partial charge in [0.2, 0.25) is 0 Å². The van der Waals surface area contributed by atoms with Gasteiger partial charge in [-0.1, -0.05) is 169 Å². The molecule has 0 N–H and O–H groups in total. The van der Waals surface area contributed by atoms with Crippen molar-refractivity contribution >= 4 is 0 Å². The van der Waals surface area contributed by atoms with Crippen LogP contribution in [0.3, 0.4) is 0 Å². The Morgan fingerprint density at radius 2 is 0.510 bits per heavy atom. The Morgan fingerprint density at radius 1 is 0.245 bits per heavy atom. The number of nitrogens with zero attached hydrogens (tertiary/aromatic N) is 3. The summed E-state index contributed by atoms with van der Waals surface area (Å²) in [4.78, 5) is 15.3. The standard InChI is InChI=1S/C46H33N3/c1-32-17-19-38(20-18-32)42-29-41(35-15-9-4-10-16-35)30-43(31-42)46-48-44(39-25-21-36(22-26-39)33-11-5-2-6-12-33)47-45(49-46)40-27-23-37(24-28-40)34-13-7-3-8-14-34/h2-31H,1H3. The Bertz CT molecular complexity index is 2230. The highest BCUT2D eigenvalue weighted by Gasteiger charge is 2.15. The van der Waals surface area contributed by atoms with Gasteiger partial charge in [0.1, 0.15) is 0 Å². The van der Waals surface area contributed by atoms with Gasteiger partial charge in [-0.2, -0.15) is 0 Å². The summed E-state index contributed by atoms with van der Waals surface area (Å²) in [6.45, 7) is 2.11. The Balaban J connectivity index is 1.28. The van der Waals surface area contributed by atoms with Crippen LogP contribution in [0.15, 0.2) is 182 Å². The predicted octanol–water partition coefficient (Wildman–Crippen LogP) is 11.8. The van der Waals surface area contributed by atoms with Crippen molar-refractivity contribution in [2.75, 3.05) is 0 Å². The summed E-state index contributed by atoms with van der Waals surface area (Å²) < 4.78 is 0. The number of aromatic nitrogens is 3. The van der Waals surface area contributed by atoms with Crippen LogP contribution in [0.4, 0.5) is 0 Å². The van der Waals surface area contributed by atoms with E-state index in [0.29, 0.717) is 17.5 Å². The Morgan fingerprint density at radius 3 is 0.918 bits per heavy atom. The van der Waals surface area contributed by atoms with Crippen molar-refractivity contribution in [3.8, 4) is 78.7 Å². The van der Waals surface area contributed by atoms with Gasteiger partial charge in [-0.15, -0.1) is 0 Å². The first-order chi connectivity index (χ1) is 24.2. The van der Waals surface area contributed by atoms with Gasteiger partial charge in [-0.05, 0) is 69.6 Å². The van der Waals surface area contributed by atoms with Crippen LogP contribution < -0.4 is 0 Å². The first-order valence-corrected chi connectivity index (χ1v) is 16.5. The van der Waals surface area contributed by atoms with Crippen LogP contribution in [0.25, 0.3) is 78.7 Å². The topological polar surface area (TPSA) is 38.7 Å². The molecule has 0 aliphatic heterocycles. The van der Waals surface area contributed by atoms with Gasteiger partial charge in [-0.3, -0.25) is 0 Å². The van der Waals surface area contributed by atoms with Crippen LogP contribution in [0.1, 0.15) is 5.56 Å². The molecule has 0 radical (unpaired) electrons. The SMILES string of the molecule is Cc1ccc(-c2cc(-c3ccccc3)cc(-c3nc(-c4ccc(-c5ccccc5)cc4)nc(-c4ccc(-c5ccccc5)cc4)n3)c2)cc1. The van der Waals surface area contributed by atoms with Crippen molar-refractivity contribution < 1.29 is 0 Å². The normalized spacial score (nSPS) is 11.0. The van der Waals surface area contributed by atoms with Gasteiger partial charge < -0.3 is 0 Å². The molecule has 1 heterocycles. The minimum atomic E-state index is 0.630. The molecule has 232 valence electrons. The lowest BCUT2D eigenvalue weighted by atomic mass is 9.95. The fourth-order valence-corrected chi connectivity index (χ4v) is 6.11. The number of hydrogen-bond acceptors (Lipinski definition) is 3. The Hall–Kier alpha value is -6.45. The molecule has 0 saturated carbocycles. The third kappa shape index (κ3) is 6.56. The molecule has 0 atom stereocenters. The van der Waals surface area contributed by atoms with E-state index in [9.17, 15) is 0 Å². The Labute approximate surface area is 287 Å². The van der Waals surface area contributed by atoms with Gasteiger partial charge in [-0.25, -0.2) is 15.0 Å². The summed E-state index contributed by atoms with van der Waals surface area (Å²) in [5.41, 5.74) is 13.2. The van der Waals surface area contributed by atoms with Gasteiger partial charge in [0.25, 0.3) is 0 Å². The number of hydrogen-bond donors (Lipinski definition) is 0. The zero-order chi connectivity index (χ0) is 33.0. The molecule has 3 heteroatoms. The average Bonchev–Trinajstić information content (AvgIpc) is 3.19. The lowest BCUT2D eigenvalue weighted by molar-refractivity contribution is 1.07. The first kappa shape index (κ1) is 29.9. The minimum absolute atomic E-state index is 0.630. The molecule has 0 aliphatic carbocycles. The fourth-order valence-electron chi connectivity index (χ4n) is 6.11. The molecule has 8 rings (SSSR count). The monoisotopic (exact) mass is 627 g/mol. The number of aryl methyl sites for hydroxylation is 1.